The molecule has 10 nitrogen and oxygen atoms in total. The van der Waals surface area contributed by atoms with E-state index in [9.17, 15) is 0 Å². The molecule has 0 aromatic carbocycles. The Balaban J connectivity index is 0.000000171. The molecular weight excluding hydrogens is 489 g/mol. The lowest BCUT2D eigenvalue weighted by Crippen LogP contribution is -2.37. The molecule has 160 valence electrons. The molecule has 4 heterocycles. The van der Waals surface area contributed by atoms with Crippen LogP contribution in [-0.4, -0.2) is 82.5 Å². The first-order valence-electron chi connectivity index (χ1n) is 8.35. The van der Waals surface area contributed by atoms with E-state index in [2.05, 4.69) is 35.2 Å². The quantitative estimate of drug-likeness (QED) is 0.619. The molecule has 2 fully saturated rings. The van der Waals surface area contributed by atoms with Gasteiger partial charge in [0.25, 0.3) is 0 Å². The third kappa shape index (κ3) is 10.1. The second-order valence-corrected chi connectivity index (χ2v) is 6.97. The maximum Gasteiger partial charge on any atom is 0.231 e. The van der Waals surface area contributed by atoms with Crippen LogP contribution < -0.4 is 10.2 Å². The molecule has 4 rings (SSSR count). The number of morpholine rings is 2. The van der Waals surface area contributed by atoms with Gasteiger partial charge in [0.1, 0.15) is 0 Å². The Morgan fingerprint density at radius 3 is 1.31 bits per heavy atom. The Labute approximate surface area is 192 Å². The fourth-order valence-corrected chi connectivity index (χ4v) is 3.00. The van der Waals surface area contributed by atoms with Gasteiger partial charge in [-0.25, -0.2) is 0 Å². The number of halogens is 5. The van der Waals surface area contributed by atoms with Crippen LogP contribution in [0.2, 0.25) is 26.4 Å². The van der Waals surface area contributed by atoms with Crippen molar-refractivity contribution in [2.75, 3.05) is 57.5 Å². The largest absolute Gasteiger partial charge is 0.379 e. The van der Waals surface area contributed by atoms with Gasteiger partial charge in [0.2, 0.25) is 32.4 Å². The number of nitrogens with zero attached hydrogens (tertiary/aromatic N) is 7. The predicted octanol–water partition coefficient (Wildman–Crippen LogP) is 2.45. The van der Waals surface area contributed by atoms with Crippen LogP contribution in [0.15, 0.2) is 0 Å². The van der Waals surface area contributed by atoms with Crippen LogP contribution in [-0.2, 0) is 9.47 Å². The van der Waals surface area contributed by atoms with E-state index in [4.69, 9.17) is 67.5 Å². The lowest BCUT2D eigenvalue weighted by Gasteiger charge is -2.26. The van der Waals surface area contributed by atoms with E-state index in [1.165, 1.54) is 0 Å². The van der Waals surface area contributed by atoms with Gasteiger partial charge in [0.05, 0.1) is 26.4 Å². The Hall–Kier alpha value is -0.850. The maximum absolute atomic E-state index is 5.66. The van der Waals surface area contributed by atoms with Crippen molar-refractivity contribution in [3.8, 4) is 0 Å². The molecule has 0 unspecified atom stereocenters. The Morgan fingerprint density at radius 1 is 0.586 bits per heavy atom. The van der Waals surface area contributed by atoms with Crippen LogP contribution in [0, 0.1) is 0 Å². The van der Waals surface area contributed by atoms with E-state index < -0.39 is 0 Å². The van der Waals surface area contributed by atoms with E-state index in [1.807, 2.05) is 4.90 Å². The number of nitrogens with one attached hydrogen (secondary N) is 1. The van der Waals surface area contributed by atoms with Crippen LogP contribution >= 0.6 is 58.0 Å². The van der Waals surface area contributed by atoms with Crippen LogP contribution in [0.1, 0.15) is 0 Å². The number of ether oxygens (including phenoxy) is 2. The van der Waals surface area contributed by atoms with E-state index in [0.717, 1.165) is 39.4 Å². The van der Waals surface area contributed by atoms with Gasteiger partial charge in [-0.05, 0) is 58.0 Å². The van der Waals surface area contributed by atoms with E-state index in [0.29, 0.717) is 19.2 Å². The molecule has 2 saturated heterocycles. The summed E-state index contributed by atoms with van der Waals surface area (Å²) in [6, 6.07) is 0. The van der Waals surface area contributed by atoms with Crippen LogP contribution in [0.3, 0.4) is 0 Å². The second-order valence-electron chi connectivity index (χ2n) is 5.28. The van der Waals surface area contributed by atoms with Gasteiger partial charge in [-0.2, -0.15) is 29.9 Å². The lowest BCUT2D eigenvalue weighted by atomic mass is 10.4. The molecule has 1 N–H and O–H groups in total. The minimum absolute atomic E-state index is 0.000000000000000444. The highest BCUT2D eigenvalue weighted by atomic mass is 35.5. The molecule has 15 heteroatoms. The topological polar surface area (TPSA) is 111 Å². The summed E-state index contributed by atoms with van der Waals surface area (Å²) in [6.07, 6.45) is 0. The fraction of sp³-hybridized carbons (Fsp3) is 0.571. The molecule has 0 amide bonds. The number of hydrogen-bond donors (Lipinski definition) is 1. The molecule has 0 radical (unpaired) electrons. The highest BCUT2D eigenvalue weighted by molar-refractivity contribution is 6.33. The first-order valence-corrected chi connectivity index (χ1v) is 10.2. The minimum Gasteiger partial charge on any atom is -0.379 e. The molecule has 0 aliphatic carbocycles. The van der Waals surface area contributed by atoms with Crippen molar-refractivity contribution in [1.29, 1.82) is 0 Å². The smallest absolute Gasteiger partial charge is 0.231 e. The molecule has 0 saturated carbocycles. The van der Waals surface area contributed by atoms with Crippen molar-refractivity contribution in [1.82, 2.24) is 35.2 Å². The Morgan fingerprint density at radius 2 is 0.966 bits per heavy atom. The average Bonchev–Trinajstić information content (AvgIpc) is 2.69. The van der Waals surface area contributed by atoms with Gasteiger partial charge in [0.15, 0.2) is 0 Å². The molecule has 2 aliphatic heterocycles. The number of hydrogen-bond acceptors (Lipinski definition) is 10. The van der Waals surface area contributed by atoms with E-state index >= 15 is 0 Å². The monoisotopic (exact) mass is 504 g/mol. The standard InChI is InChI=1S/C7H8Cl2N4O.C4H9NO.C3Cl3N3/c8-5-10-6(9)12-7(11-5)13-1-3-14-4-2-13;1-3-6-4-2-5-1;4-1-7-2(5)9-3(6)8-1/h1-4H2;5H,1-4H2;. The highest BCUT2D eigenvalue weighted by Crippen LogP contribution is 2.14. The van der Waals surface area contributed by atoms with Crippen LogP contribution in [0.5, 0.6) is 0 Å². The first kappa shape index (κ1) is 24.4. The summed E-state index contributed by atoms with van der Waals surface area (Å²) in [5.74, 6) is 0.512. The van der Waals surface area contributed by atoms with Crippen molar-refractivity contribution in [2.45, 2.75) is 0 Å². The average molecular weight is 507 g/mol. The zero-order chi connectivity index (χ0) is 21.1. The second kappa shape index (κ2) is 13.5. The summed E-state index contributed by atoms with van der Waals surface area (Å²) in [6.45, 7) is 6.66. The summed E-state index contributed by atoms with van der Waals surface area (Å²) in [5, 5.41) is 3.39. The van der Waals surface area contributed by atoms with Gasteiger partial charge in [0, 0.05) is 26.2 Å². The first-order chi connectivity index (χ1) is 13.9. The number of rotatable bonds is 1. The molecule has 2 aromatic rings. The van der Waals surface area contributed by atoms with Crippen LogP contribution in [0.25, 0.3) is 0 Å². The fourth-order valence-electron chi connectivity index (χ4n) is 2.04. The number of anilines is 1. The SMILES string of the molecule is C1COCCN1.Clc1nc(Cl)nc(Cl)n1.Clc1nc(Cl)nc(N2CCOCC2)n1. The summed E-state index contributed by atoms with van der Waals surface area (Å²) in [7, 11) is 0. The molecule has 2 aliphatic rings. The lowest BCUT2D eigenvalue weighted by molar-refractivity contribution is 0.109. The van der Waals surface area contributed by atoms with Crippen molar-refractivity contribution in [3.63, 3.8) is 0 Å². The van der Waals surface area contributed by atoms with E-state index in [-0.39, 0.29) is 26.4 Å². The zero-order valence-corrected chi connectivity index (χ0v) is 18.8. The van der Waals surface area contributed by atoms with Gasteiger partial charge in [-0.15, -0.1) is 0 Å². The van der Waals surface area contributed by atoms with E-state index in [1.54, 1.807) is 0 Å². The Kier molecular flexibility index (Phi) is 11.3. The molecule has 0 atom stereocenters. The minimum atomic E-state index is 0.000000000000000444. The Bertz CT molecular complexity index is 683. The van der Waals surface area contributed by atoms with Gasteiger partial charge in [-0.3, -0.25) is 0 Å². The van der Waals surface area contributed by atoms with Gasteiger partial charge < -0.3 is 19.7 Å². The summed E-state index contributed by atoms with van der Waals surface area (Å²) >= 11 is 27.3. The normalized spacial score (nSPS) is 16.2. The zero-order valence-electron chi connectivity index (χ0n) is 15.0. The molecule has 2 aromatic heterocycles. The predicted molar refractivity (Wildman–Crippen MR) is 111 cm³/mol. The highest BCUT2D eigenvalue weighted by Gasteiger charge is 2.15. The van der Waals surface area contributed by atoms with Crippen molar-refractivity contribution in [3.05, 3.63) is 26.4 Å². The third-order valence-electron chi connectivity index (χ3n) is 3.26. The summed E-state index contributed by atoms with van der Waals surface area (Å²) in [4.78, 5) is 24.0. The third-order valence-corrected chi connectivity index (χ3v) is 4.11. The van der Waals surface area contributed by atoms with Gasteiger partial charge >= 0.3 is 0 Å². The summed E-state index contributed by atoms with van der Waals surface area (Å²) in [5.41, 5.74) is 0. The summed E-state index contributed by atoms with van der Waals surface area (Å²) < 4.78 is 10.2. The van der Waals surface area contributed by atoms with Crippen molar-refractivity contribution >= 4 is 64.0 Å². The maximum atomic E-state index is 5.66. The molecule has 0 spiro atoms. The molecule has 29 heavy (non-hydrogen) atoms. The van der Waals surface area contributed by atoms with Gasteiger partial charge in [-0.1, -0.05) is 0 Å². The molecule has 0 bridgehead atoms. The molecular formula is C14H17Cl5N8O2. The van der Waals surface area contributed by atoms with Crippen LogP contribution in [0.4, 0.5) is 5.95 Å². The van der Waals surface area contributed by atoms with Crippen molar-refractivity contribution < 1.29 is 9.47 Å². The number of aromatic nitrogens is 6. The van der Waals surface area contributed by atoms with Crippen molar-refractivity contribution in [2.24, 2.45) is 0 Å².